The van der Waals surface area contributed by atoms with Crippen molar-refractivity contribution in [2.24, 2.45) is 0 Å². The average molecular weight is 478 g/mol. The predicted molar refractivity (Wildman–Crippen MR) is 116 cm³/mol. The second-order valence-electron chi connectivity index (χ2n) is 6.53. The first-order valence-electron chi connectivity index (χ1n) is 8.91. The summed E-state index contributed by atoms with van der Waals surface area (Å²) >= 11 is 11.8. The molecule has 1 N–H and O–H groups in total. The topological polar surface area (TPSA) is 86.8 Å². The number of benzene rings is 2. The minimum atomic E-state index is -3.79. The third-order valence-electron chi connectivity index (χ3n) is 4.58. The number of sulfonamides is 2. The van der Waals surface area contributed by atoms with Crippen LogP contribution in [0.25, 0.3) is 0 Å². The van der Waals surface area contributed by atoms with Gasteiger partial charge in [-0.15, -0.1) is 0 Å². The maximum absolute atomic E-state index is 12.6. The number of hydrogen-bond acceptors (Lipinski definition) is 5. The molecule has 0 bridgehead atoms. The largest absolute Gasteiger partial charge is 0.369 e. The molecule has 0 unspecified atom stereocenters. The fourth-order valence-electron chi connectivity index (χ4n) is 3.03. The third-order valence-corrected chi connectivity index (χ3v) is 8.42. The standard InChI is InChI=1S/C18H21Cl2N3O4S2/c19-15-4-6-18(7-5-15)29(26,27)21-8-13-28(24,25)23-11-9-22(10-12-23)17-3-1-2-16(20)14-17/h1-7,14,21H,8-13H2. The molecule has 1 aliphatic rings. The van der Waals surface area contributed by atoms with Crippen LogP contribution in [0.2, 0.25) is 10.0 Å². The molecule has 1 saturated heterocycles. The van der Waals surface area contributed by atoms with Gasteiger partial charge in [0.05, 0.1) is 10.6 Å². The van der Waals surface area contributed by atoms with Gasteiger partial charge in [-0.3, -0.25) is 0 Å². The highest BCUT2D eigenvalue weighted by Crippen LogP contribution is 2.21. The highest BCUT2D eigenvalue weighted by atomic mass is 35.5. The molecule has 0 aliphatic carbocycles. The maximum atomic E-state index is 12.6. The van der Waals surface area contributed by atoms with Crippen LogP contribution in [-0.4, -0.2) is 59.6 Å². The lowest BCUT2D eigenvalue weighted by molar-refractivity contribution is 0.385. The number of anilines is 1. The van der Waals surface area contributed by atoms with Crippen LogP contribution >= 0.6 is 23.2 Å². The van der Waals surface area contributed by atoms with Gasteiger partial charge in [-0.2, -0.15) is 4.31 Å². The second kappa shape index (κ2) is 9.20. The van der Waals surface area contributed by atoms with Crippen LogP contribution < -0.4 is 9.62 Å². The van der Waals surface area contributed by atoms with Gasteiger partial charge < -0.3 is 4.90 Å². The minimum Gasteiger partial charge on any atom is -0.369 e. The van der Waals surface area contributed by atoms with Crippen molar-refractivity contribution in [1.82, 2.24) is 9.03 Å². The number of halogens is 2. The van der Waals surface area contributed by atoms with Gasteiger partial charge in [0.2, 0.25) is 20.0 Å². The first-order chi connectivity index (χ1) is 13.7. The molecule has 0 radical (unpaired) electrons. The zero-order chi connectivity index (χ0) is 21.1. The molecule has 1 heterocycles. The molecule has 2 aromatic rings. The normalized spacial score (nSPS) is 16.1. The highest BCUT2D eigenvalue weighted by Gasteiger charge is 2.27. The Bertz CT molecular complexity index is 1050. The van der Waals surface area contributed by atoms with E-state index in [1.54, 1.807) is 6.07 Å². The van der Waals surface area contributed by atoms with E-state index < -0.39 is 20.0 Å². The molecule has 1 fully saturated rings. The summed E-state index contributed by atoms with van der Waals surface area (Å²) in [5.41, 5.74) is 0.949. The lowest BCUT2D eigenvalue weighted by Gasteiger charge is -2.35. The Morgan fingerprint density at radius 2 is 1.52 bits per heavy atom. The van der Waals surface area contributed by atoms with E-state index >= 15 is 0 Å². The van der Waals surface area contributed by atoms with Crippen LogP contribution in [0.1, 0.15) is 0 Å². The highest BCUT2D eigenvalue weighted by molar-refractivity contribution is 7.90. The molecule has 29 heavy (non-hydrogen) atoms. The van der Waals surface area contributed by atoms with Crippen molar-refractivity contribution in [3.63, 3.8) is 0 Å². The van der Waals surface area contributed by atoms with E-state index in [4.69, 9.17) is 23.2 Å². The van der Waals surface area contributed by atoms with E-state index in [0.717, 1.165) is 5.69 Å². The molecule has 158 valence electrons. The van der Waals surface area contributed by atoms with Crippen LogP contribution in [0.3, 0.4) is 0 Å². The average Bonchev–Trinajstić information content (AvgIpc) is 2.68. The fraction of sp³-hybridized carbons (Fsp3) is 0.333. The monoisotopic (exact) mass is 477 g/mol. The molecule has 0 spiro atoms. The first kappa shape index (κ1) is 22.3. The molecule has 7 nitrogen and oxygen atoms in total. The van der Waals surface area contributed by atoms with Crippen molar-refractivity contribution >= 4 is 48.9 Å². The molecule has 2 aromatic carbocycles. The summed E-state index contributed by atoms with van der Waals surface area (Å²) < 4.78 is 53.4. The summed E-state index contributed by atoms with van der Waals surface area (Å²) in [4.78, 5) is 2.11. The van der Waals surface area contributed by atoms with Gasteiger partial charge in [0, 0.05) is 48.5 Å². The molecule has 3 rings (SSSR count). The molecule has 1 aliphatic heterocycles. The SMILES string of the molecule is O=S(=O)(NCCS(=O)(=O)N1CCN(c2cccc(Cl)c2)CC1)c1ccc(Cl)cc1. The lowest BCUT2D eigenvalue weighted by atomic mass is 10.2. The Hall–Kier alpha value is -1.36. The van der Waals surface area contributed by atoms with Crippen LogP contribution in [0, 0.1) is 0 Å². The van der Waals surface area contributed by atoms with Crippen LogP contribution in [0.5, 0.6) is 0 Å². The predicted octanol–water partition coefficient (Wildman–Crippen LogP) is 2.42. The molecule has 11 heteroatoms. The quantitative estimate of drug-likeness (QED) is 0.661. The van der Waals surface area contributed by atoms with Crippen molar-refractivity contribution in [2.45, 2.75) is 4.90 Å². The van der Waals surface area contributed by atoms with Gasteiger partial charge in [0.15, 0.2) is 0 Å². The van der Waals surface area contributed by atoms with Crippen molar-refractivity contribution in [1.29, 1.82) is 0 Å². The van der Waals surface area contributed by atoms with E-state index in [1.165, 1.54) is 28.6 Å². The Labute approximate surface area is 181 Å². The molecule has 0 atom stereocenters. The van der Waals surface area contributed by atoms with Crippen molar-refractivity contribution < 1.29 is 16.8 Å². The van der Waals surface area contributed by atoms with Crippen LogP contribution in [0.15, 0.2) is 53.4 Å². The Morgan fingerprint density at radius 3 is 2.14 bits per heavy atom. The molecule has 0 amide bonds. The lowest BCUT2D eigenvalue weighted by Crippen LogP contribution is -2.50. The molecular weight excluding hydrogens is 457 g/mol. The Kier molecular flexibility index (Phi) is 7.08. The smallest absolute Gasteiger partial charge is 0.240 e. The maximum Gasteiger partial charge on any atom is 0.240 e. The van der Waals surface area contributed by atoms with E-state index in [2.05, 4.69) is 9.62 Å². The van der Waals surface area contributed by atoms with Crippen LogP contribution in [-0.2, 0) is 20.0 Å². The summed E-state index contributed by atoms with van der Waals surface area (Å²) in [6.07, 6.45) is 0. The summed E-state index contributed by atoms with van der Waals surface area (Å²) in [7, 11) is -7.37. The van der Waals surface area contributed by atoms with Gasteiger partial charge in [-0.05, 0) is 42.5 Å². The van der Waals surface area contributed by atoms with E-state index in [0.29, 0.717) is 36.2 Å². The van der Waals surface area contributed by atoms with Crippen molar-refractivity contribution in [3.8, 4) is 0 Å². The molecular formula is C18H21Cl2N3O4S2. The second-order valence-corrected chi connectivity index (χ2v) is 11.3. The van der Waals surface area contributed by atoms with Crippen LogP contribution in [0.4, 0.5) is 5.69 Å². The van der Waals surface area contributed by atoms with Gasteiger partial charge >= 0.3 is 0 Å². The number of piperazine rings is 1. The number of nitrogens with zero attached hydrogens (tertiary/aromatic N) is 2. The summed E-state index contributed by atoms with van der Waals surface area (Å²) in [6.45, 7) is 1.53. The Morgan fingerprint density at radius 1 is 0.862 bits per heavy atom. The van der Waals surface area contributed by atoms with Gasteiger partial charge in [-0.1, -0.05) is 29.3 Å². The van der Waals surface area contributed by atoms with Crippen molar-refractivity contribution in [3.05, 3.63) is 58.6 Å². The summed E-state index contributed by atoms with van der Waals surface area (Å²) in [5, 5.41) is 1.05. The van der Waals surface area contributed by atoms with E-state index in [-0.39, 0.29) is 17.2 Å². The van der Waals surface area contributed by atoms with Gasteiger partial charge in [0.25, 0.3) is 0 Å². The third kappa shape index (κ3) is 5.84. The van der Waals surface area contributed by atoms with Crippen molar-refractivity contribution in [2.75, 3.05) is 43.4 Å². The number of hydrogen-bond donors (Lipinski definition) is 1. The fourth-order valence-corrected chi connectivity index (χ4v) is 5.84. The first-order valence-corrected chi connectivity index (χ1v) is 12.8. The number of nitrogens with one attached hydrogen (secondary N) is 1. The van der Waals surface area contributed by atoms with E-state index in [9.17, 15) is 16.8 Å². The molecule has 0 aromatic heterocycles. The minimum absolute atomic E-state index is 0.0365. The Balaban J connectivity index is 1.53. The van der Waals surface area contributed by atoms with Gasteiger partial charge in [0.1, 0.15) is 0 Å². The summed E-state index contributed by atoms with van der Waals surface area (Å²) in [6, 6.07) is 13.1. The zero-order valence-electron chi connectivity index (χ0n) is 15.5. The van der Waals surface area contributed by atoms with Gasteiger partial charge in [-0.25, -0.2) is 21.6 Å². The number of rotatable bonds is 7. The molecule has 0 saturated carbocycles. The van der Waals surface area contributed by atoms with E-state index in [1.807, 2.05) is 18.2 Å². The summed E-state index contributed by atoms with van der Waals surface area (Å²) in [5.74, 6) is -0.309. The zero-order valence-corrected chi connectivity index (χ0v) is 18.6.